The minimum atomic E-state index is -0.160. The predicted octanol–water partition coefficient (Wildman–Crippen LogP) is 3.59. The van der Waals surface area contributed by atoms with Gasteiger partial charge in [-0.2, -0.15) is 0 Å². The van der Waals surface area contributed by atoms with Crippen LogP contribution in [0.25, 0.3) is 0 Å². The summed E-state index contributed by atoms with van der Waals surface area (Å²) < 4.78 is 14.8. The van der Waals surface area contributed by atoms with Crippen LogP contribution in [0.5, 0.6) is 0 Å². The number of aromatic nitrogens is 1. The van der Waals surface area contributed by atoms with Crippen molar-refractivity contribution in [3.8, 4) is 0 Å². The average Bonchev–Trinajstić information content (AvgIpc) is 3.19. The van der Waals surface area contributed by atoms with Gasteiger partial charge in [0, 0.05) is 37.4 Å². The van der Waals surface area contributed by atoms with Crippen LogP contribution in [-0.2, 0) is 6.54 Å². The zero-order valence-corrected chi connectivity index (χ0v) is 13.7. The molecule has 1 aliphatic carbocycles. The minimum absolute atomic E-state index is 0.160. The molecule has 1 saturated carbocycles. The third-order valence-corrected chi connectivity index (χ3v) is 3.58. The Hall–Kier alpha value is -1.16. The van der Waals surface area contributed by atoms with Gasteiger partial charge in [-0.3, -0.25) is 0 Å². The topological polar surface area (TPSA) is 28.2 Å². The van der Waals surface area contributed by atoms with Crippen LogP contribution in [0.3, 0.4) is 0 Å². The van der Waals surface area contributed by atoms with Gasteiger partial charge < -0.3 is 10.2 Å². The Kier molecular flexibility index (Phi) is 5.57. The maximum atomic E-state index is 14.8. The molecule has 0 radical (unpaired) electrons. The molecule has 1 N–H and O–H groups in total. The number of nitrogens with one attached hydrogen (secondary N) is 1. The molecular weight excluding hydrogens is 265 g/mol. The number of halogens is 1. The van der Waals surface area contributed by atoms with Crippen molar-refractivity contribution in [2.75, 3.05) is 18.0 Å². The molecule has 1 fully saturated rings. The SMILES string of the molecule is CC(C)CN(CC(C)C)c1nccc(CNC2CC2)c1F. The fraction of sp³-hybridized carbons (Fsp3) is 0.706. The van der Waals surface area contributed by atoms with Gasteiger partial charge in [0.05, 0.1) is 0 Å². The number of pyridine rings is 1. The lowest BCUT2D eigenvalue weighted by Crippen LogP contribution is -2.33. The number of rotatable bonds is 8. The highest BCUT2D eigenvalue weighted by Crippen LogP contribution is 2.23. The van der Waals surface area contributed by atoms with E-state index in [1.807, 2.05) is 0 Å². The Labute approximate surface area is 127 Å². The molecule has 21 heavy (non-hydrogen) atoms. The van der Waals surface area contributed by atoms with Crippen LogP contribution >= 0.6 is 0 Å². The molecule has 0 aromatic carbocycles. The van der Waals surface area contributed by atoms with E-state index in [1.54, 1.807) is 12.3 Å². The van der Waals surface area contributed by atoms with Crippen molar-refractivity contribution in [2.24, 2.45) is 11.8 Å². The molecular formula is C17H28FN3. The summed E-state index contributed by atoms with van der Waals surface area (Å²) >= 11 is 0. The highest BCUT2D eigenvalue weighted by molar-refractivity contribution is 5.43. The molecule has 0 spiro atoms. The van der Waals surface area contributed by atoms with Gasteiger partial charge >= 0.3 is 0 Å². The van der Waals surface area contributed by atoms with Crippen molar-refractivity contribution in [1.82, 2.24) is 10.3 Å². The maximum absolute atomic E-state index is 14.8. The first-order valence-corrected chi connectivity index (χ1v) is 8.09. The molecule has 0 atom stereocenters. The Morgan fingerprint density at radius 1 is 1.24 bits per heavy atom. The maximum Gasteiger partial charge on any atom is 0.170 e. The third-order valence-electron chi connectivity index (χ3n) is 3.58. The second-order valence-corrected chi connectivity index (χ2v) is 6.96. The predicted molar refractivity (Wildman–Crippen MR) is 85.9 cm³/mol. The van der Waals surface area contributed by atoms with E-state index >= 15 is 0 Å². The lowest BCUT2D eigenvalue weighted by molar-refractivity contribution is 0.524. The van der Waals surface area contributed by atoms with Gasteiger partial charge in [0.2, 0.25) is 0 Å². The fourth-order valence-corrected chi connectivity index (χ4v) is 2.50. The molecule has 2 rings (SSSR count). The lowest BCUT2D eigenvalue weighted by Gasteiger charge is -2.28. The largest absolute Gasteiger partial charge is 0.354 e. The summed E-state index contributed by atoms with van der Waals surface area (Å²) in [5.41, 5.74) is 0.726. The number of nitrogens with zero attached hydrogens (tertiary/aromatic N) is 2. The van der Waals surface area contributed by atoms with Gasteiger partial charge in [-0.05, 0) is 30.7 Å². The van der Waals surface area contributed by atoms with E-state index in [9.17, 15) is 4.39 Å². The normalized spacial score (nSPS) is 15.0. The zero-order valence-electron chi connectivity index (χ0n) is 13.7. The minimum Gasteiger partial charge on any atom is -0.354 e. The monoisotopic (exact) mass is 293 g/mol. The van der Waals surface area contributed by atoms with Gasteiger partial charge in [-0.25, -0.2) is 9.37 Å². The highest BCUT2D eigenvalue weighted by Gasteiger charge is 2.22. The average molecular weight is 293 g/mol. The summed E-state index contributed by atoms with van der Waals surface area (Å²) in [4.78, 5) is 6.40. The molecule has 1 aromatic rings. The molecule has 0 bridgehead atoms. The van der Waals surface area contributed by atoms with Crippen molar-refractivity contribution < 1.29 is 4.39 Å². The van der Waals surface area contributed by atoms with Crippen LogP contribution in [0, 0.1) is 17.7 Å². The Morgan fingerprint density at radius 2 is 1.86 bits per heavy atom. The number of hydrogen-bond acceptors (Lipinski definition) is 3. The van der Waals surface area contributed by atoms with E-state index < -0.39 is 0 Å². The first kappa shape index (κ1) is 16.2. The van der Waals surface area contributed by atoms with E-state index in [0.29, 0.717) is 30.2 Å². The van der Waals surface area contributed by atoms with Crippen LogP contribution in [0.4, 0.5) is 10.2 Å². The van der Waals surface area contributed by atoms with Gasteiger partial charge in [0.1, 0.15) is 0 Å². The van der Waals surface area contributed by atoms with Gasteiger partial charge in [-0.15, -0.1) is 0 Å². The van der Waals surface area contributed by atoms with Crippen LogP contribution in [0.1, 0.15) is 46.1 Å². The molecule has 0 unspecified atom stereocenters. The second-order valence-electron chi connectivity index (χ2n) is 6.96. The molecule has 4 heteroatoms. The van der Waals surface area contributed by atoms with Gasteiger partial charge in [0.25, 0.3) is 0 Å². The zero-order chi connectivity index (χ0) is 15.4. The van der Waals surface area contributed by atoms with Crippen LogP contribution in [0.2, 0.25) is 0 Å². The van der Waals surface area contributed by atoms with Crippen LogP contribution < -0.4 is 10.2 Å². The van der Waals surface area contributed by atoms with E-state index in [0.717, 1.165) is 18.7 Å². The summed E-state index contributed by atoms with van der Waals surface area (Å²) in [6.45, 7) is 10.9. The third kappa shape index (κ3) is 4.95. The summed E-state index contributed by atoms with van der Waals surface area (Å²) in [5.74, 6) is 1.32. The quantitative estimate of drug-likeness (QED) is 0.794. The molecule has 3 nitrogen and oxygen atoms in total. The number of hydrogen-bond donors (Lipinski definition) is 1. The van der Waals surface area contributed by atoms with E-state index in [1.165, 1.54) is 12.8 Å². The molecule has 1 aromatic heterocycles. The Bertz CT molecular complexity index is 445. The van der Waals surface area contributed by atoms with E-state index in [2.05, 4.69) is 42.9 Å². The van der Waals surface area contributed by atoms with Crippen molar-refractivity contribution in [3.63, 3.8) is 0 Å². The standard InChI is InChI=1S/C17H28FN3/c1-12(2)10-21(11-13(3)4)17-16(18)14(7-8-19-17)9-20-15-5-6-15/h7-8,12-13,15,20H,5-6,9-11H2,1-4H3. The second kappa shape index (κ2) is 7.21. The Balaban J connectivity index is 2.15. The molecule has 0 amide bonds. The molecule has 1 aliphatic rings. The summed E-state index contributed by atoms with van der Waals surface area (Å²) in [5, 5.41) is 3.38. The number of anilines is 1. The Morgan fingerprint density at radius 3 is 2.38 bits per heavy atom. The van der Waals surface area contributed by atoms with Crippen molar-refractivity contribution >= 4 is 5.82 Å². The van der Waals surface area contributed by atoms with Crippen molar-refractivity contribution in [3.05, 3.63) is 23.6 Å². The fourth-order valence-electron chi connectivity index (χ4n) is 2.50. The lowest BCUT2D eigenvalue weighted by atomic mass is 10.1. The van der Waals surface area contributed by atoms with Crippen molar-refractivity contribution in [2.45, 2.75) is 53.1 Å². The molecule has 1 heterocycles. The summed E-state index contributed by atoms with van der Waals surface area (Å²) in [6.07, 6.45) is 4.16. The first-order chi connectivity index (χ1) is 9.97. The smallest absolute Gasteiger partial charge is 0.170 e. The molecule has 0 aliphatic heterocycles. The van der Waals surface area contributed by atoms with Gasteiger partial charge in [-0.1, -0.05) is 27.7 Å². The first-order valence-electron chi connectivity index (χ1n) is 8.09. The van der Waals surface area contributed by atoms with Crippen LogP contribution in [-0.4, -0.2) is 24.1 Å². The molecule has 0 saturated heterocycles. The summed E-state index contributed by atoms with van der Waals surface area (Å²) in [6, 6.07) is 2.38. The highest BCUT2D eigenvalue weighted by atomic mass is 19.1. The van der Waals surface area contributed by atoms with Gasteiger partial charge in [0.15, 0.2) is 11.6 Å². The molecule has 118 valence electrons. The van der Waals surface area contributed by atoms with E-state index in [-0.39, 0.29) is 5.82 Å². The summed E-state index contributed by atoms with van der Waals surface area (Å²) in [7, 11) is 0. The van der Waals surface area contributed by atoms with Crippen LogP contribution in [0.15, 0.2) is 12.3 Å². The van der Waals surface area contributed by atoms with Crippen molar-refractivity contribution in [1.29, 1.82) is 0 Å². The van der Waals surface area contributed by atoms with E-state index in [4.69, 9.17) is 0 Å².